The first-order chi connectivity index (χ1) is 16.9. The first-order valence-electron chi connectivity index (χ1n) is 10.6. The van der Waals surface area contributed by atoms with Gasteiger partial charge in [0, 0.05) is 11.4 Å². The van der Waals surface area contributed by atoms with E-state index in [-0.39, 0.29) is 10.7 Å². The molecule has 0 spiro atoms. The predicted molar refractivity (Wildman–Crippen MR) is 132 cm³/mol. The SMILES string of the molecule is Cc1cc(C)n(-c2ccc(Cl)c(C(=O)OCC(=O)Nc3ccc(N=Nc4ccccc4)cc3)n2)n1. The summed E-state index contributed by atoms with van der Waals surface area (Å²) in [5.74, 6) is -0.908. The molecule has 176 valence electrons. The third-order valence-electron chi connectivity index (χ3n) is 4.77. The molecule has 0 aliphatic heterocycles. The average Bonchev–Trinajstić information content (AvgIpc) is 3.20. The lowest BCUT2D eigenvalue weighted by Gasteiger charge is -2.09. The van der Waals surface area contributed by atoms with Crippen LogP contribution >= 0.6 is 11.6 Å². The van der Waals surface area contributed by atoms with Crippen molar-refractivity contribution in [2.75, 3.05) is 11.9 Å². The zero-order chi connectivity index (χ0) is 24.8. The van der Waals surface area contributed by atoms with Crippen LogP contribution in [-0.4, -0.2) is 33.2 Å². The van der Waals surface area contributed by atoms with E-state index in [0.717, 1.165) is 17.1 Å². The maximum absolute atomic E-state index is 12.5. The van der Waals surface area contributed by atoms with E-state index < -0.39 is 18.5 Å². The number of rotatable bonds is 7. The standard InChI is InChI=1S/C25H21ClN6O3/c1-16-14-17(2)32(31-16)22-13-12-21(26)24(28-22)25(34)35-15-23(33)27-18-8-10-20(11-9-18)30-29-19-6-4-3-5-7-19/h3-14H,15H2,1-2H3,(H,27,33). The molecule has 0 fully saturated rings. The van der Waals surface area contributed by atoms with Gasteiger partial charge in [-0.15, -0.1) is 0 Å². The van der Waals surface area contributed by atoms with Gasteiger partial charge in [0.1, 0.15) is 0 Å². The van der Waals surface area contributed by atoms with Crippen molar-refractivity contribution in [2.24, 2.45) is 10.2 Å². The normalized spacial score (nSPS) is 10.9. The van der Waals surface area contributed by atoms with Crippen molar-refractivity contribution < 1.29 is 14.3 Å². The fourth-order valence-corrected chi connectivity index (χ4v) is 3.35. The van der Waals surface area contributed by atoms with Gasteiger partial charge in [0.05, 0.1) is 22.1 Å². The van der Waals surface area contributed by atoms with Gasteiger partial charge in [-0.25, -0.2) is 14.5 Å². The van der Waals surface area contributed by atoms with Crippen LogP contribution in [0.2, 0.25) is 5.02 Å². The summed E-state index contributed by atoms with van der Waals surface area (Å²) >= 11 is 6.14. The smallest absolute Gasteiger partial charge is 0.359 e. The number of carbonyl (C=O) groups excluding carboxylic acids is 2. The Morgan fingerprint density at radius 3 is 2.31 bits per heavy atom. The molecule has 1 N–H and O–H groups in total. The fraction of sp³-hybridized carbons (Fsp3) is 0.120. The second kappa shape index (κ2) is 10.7. The van der Waals surface area contributed by atoms with Crippen LogP contribution in [0.25, 0.3) is 5.82 Å². The first kappa shape index (κ1) is 23.8. The van der Waals surface area contributed by atoms with E-state index in [4.69, 9.17) is 16.3 Å². The van der Waals surface area contributed by atoms with Crippen LogP contribution in [0.4, 0.5) is 17.1 Å². The van der Waals surface area contributed by atoms with Crippen molar-refractivity contribution in [2.45, 2.75) is 13.8 Å². The average molecular weight is 489 g/mol. The highest BCUT2D eigenvalue weighted by Gasteiger charge is 2.18. The van der Waals surface area contributed by atoms with Crippen LogP contribution in [0.3, 0.4) is 0 Å². The molecular formula is C25H21ClN6O3. The van der Waals surface area contributed by atoms with E-state index in [1.54, 1.807) is 35.0 Å². The third kappa shape index (κ3) is 6.15. The Morgan fingerprint density at radius 1 is 0.971 bits per heavy atom. The van der Waals surface area contributed by atoms with Crippen molar-refractivity contribution in [1.82, 2.24) is 14.8 Å². The Bertz CT molecular complexity index is 1380. The molecule has 9 nitrogen and oxygen atoms in total. The van der Waals surface area contributed by atoms with Gasteiger partial charge in [-0.05, 0) is 68.4 Å². The summed E-state index contributed by atoms with van der Waals surface area (Å²) in [4.78, 5) is 29.1. The van der Waals surface area contributed by atoms with E-state index in [9.17, 15) is 9.59 Å². The molecule has 0 unspecified atom stereocenters. The summed E-state index contributed by atoms with van der Waals surface area (Å²) in [6.07, 6.45) is 0. The van der Waals surface area contributed by atoms with E-state index in [1.165, 1.54) is 6.07 Å². The maximum atomic E-state index is 12.5. The van der Waals surface area contributed by atoms with Crippen LogP contribution in [0.15, 0.2) is 83.0 Å². The number of amides is 1. The number of nitrogens with one attached hydrogen (secondary N) is 1. The number of carbonyl (C=O) groups is 2. The molecule has 1 amide bonds. The lowest BCUT2D eigenvalue weighted by Crippen LogP contribution is -2.21. The fourth-order valence-electron chi connectivity index (χ4n) is 3.17. The minimum Gasteiger partial charge on any atom is -0.451 e. The maximum Gasteiger partial charge on any atom is 0.359 e. The summed E-state index contributed by atoms with van der Waals surface area (Å²) in [7, 11) is 0. The van der Waals surface area contributed by atoms with Gasteiger partial charge in [-0.2, -0.15) is 15.3 Å². The molecule has 0 atom stereocenters. The predicted octanol–water partition coefficient (Wildman–Crippen LogP) is 5.75. The monoisotopic (exact) mass is 488 g/mol. The third-order valence-corrected chi connectivity index (χ3v) is 5.08. The van der Waals surface area contributed by atoms with E-state index >= 15 is 0 Å². The molecule has 10 heteroatoms. The lowest BCUT2D eigenvalue weighted by atomic mass is 10.3. The summed E-state index contributed by atoms with van der Waals surface area (Å²) < 4.78 is 6.71. The van der Waals surface area contributed by atoms with Crippen molar-refractivity contribution in [3.05, 3.63) is 94.9 Å². The molecule has 0 aliphatic carbocycles. The Morgan fingerprint density at radius 2 is 1.66 bits per heavy atom. The molecule has 4 aromatic rings. The Balaban J connectivity index is 1.34. The molecule has 2 aromatic heterocycles. The number of aryl methyl sites for hydroxylation is 2. The van der Waals surface area contributed by atoms with Gasteiger partial charge in [-0.3, -0.25) is 4.79 Å². The molecular weight excluding hydrogens is 468 g/mol. The second-order valence-corrected chi connectivity index (χ2v) is 7.95. The molecule has 2 aromatic carbocycles. The Hall–Kier alpha value is -4.37. The van der Waals surface area contributed by atoms with E-state index in [1.807, 2.05) is 50.2 Å². The number of esters is 1. The number of halogens is 1. The van der Waals surface area contributed by atoms with Crippen LogP contribution in [-0.2, 0) is 9.53 Å². The van der Waals surface area contributed by atoms with Crippen molar-refractivity contribution in [3.63, 3.8) is 0 Å². The number of pyridine rings is 1. The number of ether oxygens (including phenoxy) is 1. The molecule has 0 saturated carbocycles. The molecule has 0 aliphatic rings. The quantitative estimate of drug-likeness (QED) is 0.263. The molecule has 0 bridgehead atoms. The minimum atomic E-state index is -0.815. The molecule has 35 heavy (non-hydrogen) atoms. The molecule has 4 rings (SSSR count). The summed E-state index contributed by atoms with van der Waals surface area (Å²) in [5, 5.41) is 15.4. The van der Waals surface area contributed by atoms with Gasteiger partial charge in [-0.1, -0.05) is 29.8 Å². The highest BCUT2D eigenvalue weighted by atomic mass is 35.5. The zero-order valence-corrected chi connectivity index (χ0v) is 19.7. The topological polar surface area (TPSA) is 111 Å². The first-order valence-corrected chi connectivity index (χ1v) is 11.0. The van der Waals surface area contributed by atoms with Gasteiger partial charge in [0.15, 0.2) is 18.1 Å². The number of nitrogens with zero attached hydrogens (tertiary/aromatic N) is 5. The van der Waals surface area contributed by atoms with Gasteiger partial charge < -0.3 is 10.1 Å². The summed E-state index contributed by atoms with van der Waals surface area (Å²) in [6, 6.07) is 21.2. The number of hydrogen-bond donors (Lipinski definition) is 1. The van der Waals surface area contributed by atoms with Crippen LogP contribution < -0.4 is 5.32 Å². The van der Waals surface area contributed by atoms with E-state index in [0.29, 0.717) is 17.2 Å². The second-order valence-electron chi connectivity index (χ2n) is 7.55. The number of benzene rings is 2. The summed E-state index contributed by atoms with van der Waals surface area (Å²) in [6.45, 7) is 3.23. The Kier molecular flexibility index (Phi) is 7.27. The minimum absolute atomic E-state index is 0.0994. The largest absolute Gasteiger partial charge is 0.451 e. The highest BCUT2D eigenvalue weighted by molar-refractivity contribution is 6.33. The van der Waals surface area contributed by atoms with Crippen molar-refractivity contribution in [3.8, 4) is 5.82 Å². The summed E-state index contributed by atoms with van der Waals surface area (Å²) in [5.41, 5.74) is 3.45. The number of hydrogen-bond acceptors (Lipinski definition) is 7. The van der Waals surface area contributed by atoms with Crippen molar-refractivity contribution >= 4 is 40.5 Å². The Labute approximate surface area is 206 Å². The lowest BCUT2D eigenvalue weighted by molar-refractivity contribution is -0.119. The zero-order valence-electron chi connectivity index (χ0n) is 19.0. The number of anilines is 1. The molecule has 0 radical (unpaired) electrons. The molecule has 0 saturated heterocycles. The van der Waals surface area contributed by atoms with Crippen LogP contribution in [0, 0.1) is 13.8 Å². The van der Waals surface area contributed by atoms with Gasteiger partial charge >= 0.3 is 5.97 Å². The van der Waals surface area contributed by atoms with Gasteiger partial charge in [0.2, 0.25) is 0 Å². The van der Waals surface area contributed by atoms with Gasteiger partial charge in [0.25, 0.3) is 5.91 Å². The number of azo groups is 1. The van der Waals surface area contributed by atoms with Crippen LogP contribution in [0.5, 0.6) is 0 Å². The van der Waals surface area contributed by atoms with E-state index in [2.05, 4.69) is 25.6 Å². The molecule has 2 heterocycles. The number of aromatic nitrogens is 3. The van der Waals surface area contributed by atoms with Crippen LogP contribution in [0.1, 0.15) is 21.9 Å². The highest BCUT2D eigenvalue weighted by Crippen LogP contribution is 2.21. The van der Waals surface area contributed by atoms with Crippen molar-refractivity contribution in [1.29, 1.82) is 0 Å².